The number of hydrogen-bond donors (Lipinski definition) is 2. The molecule has 2 N–H and O–H groups in total. The third kappa shape index (κ3) is 4.78. The highest BCUT2D eigenvalue weighted by Gasteiger charge is 2.24. The fraction of sp³-hybridized carbons (Fsp3) is 0.867. The highest BCUT2D eigenvalue weighted by atomic mass is 16.4. The maximum atomic E-state index is 12.1. The Morgan fingerprint density at radius 2 is 1.75 bits per heavy atom. The summed E-state index contributed by atoms with van der Waals surface area (Å²) in [4.78, 5) is 24.7. The average molecular weight is 282 g/mol. The molecule has 0 aliphatic carbocycles. The molecule has 2 rings (SSSR count). The van der Waals surface area contributed by atoms with Gasteiger partial charge in [-0.3, -0.25) is 9.59 Å². The zero-order valence-corrected chi connectivity index (χ0v) is 12.1. The summed E-state index contributed by atoms with van der Waals surface area (Å²) in [6.45, 7) is 3.77. The lowest BCUT2D eigenvalue weighted by atomic mass is 9.92. The number of carbonyl (C=O) groups excluding carboxylic acids is 1. The molecule has 2 saturated heterocycles. The number of carbonyl (C=O) groups is 2. The van der Waals surface area contributed by atoms with E-state index in [4.69, 9.17) is 5.11 Å². The number of hydrogen-bond acceptors (Lipinski definition) is 3. The second-order valence-electron chi connectivity index (χ2n) is 6.15. The highest BCUT2D eigenvalue weighted by Crippen LogP contribution is 2.23. The molecule has 2 aliphatic rings. The molecule has 0 aromatic rings. The van der Waals surface area contributed by atoms with Crippen LogP contribution in [0.5, 0.6) is 0 Å². The molecule has 20 heavy (non-hydrogen) atoms. The normalized spacial score (nSPS) is 24.0. The molecule has 0 saturated carbocycles. The fourth-order valence-electron chi connectivity index (χ4n) is 3.25. The Morgan fingerprint density at radius 3 is 2.35 bits per heavy atom. The molecule has 2 heterocycles. The Kier molecular flexibility index (Phi) is 5.83. The Bertz CT molecular complexity index is 332. The van der Waals surface area contributed by atoms with Crippen LogP contribution in [0.3, 0.4) is 0 Å². The van der Waals surface area contributed by atoms with Gasteiger partial charge in [0.25, 0.3) is 0 Å². The molecule has 1 unspecified atom stereocenters. The minimum absolute atomic E-state index is 0.257. The van der Waals surface area contributed by atoms with Crippen LogP contribution < -0.4 is 5.32 Å². The van der Waals surface area contributed by atoms with Crippen LogP contribution >= 0.6 is 0 Å². The number of rotatable bonds is 6. The summed E-state index contributed by atoms with van der Waals surface area (Å²) in [7, 11) is 0. The van der Waals surface area contributed by atoms with Crippen molar-refractivity contribution in [2.75, 3.05) is 26.2 Å². The molecular formula is C15H26N2O3. The van der Waals surface area contributed by atoms with Crippen LogP contribution in [-0.4, -0.2) is 48.1 Å². The number of aliphatic carboxylic acids is 1. The van der Waals surface area contributed by atoms with Crippen molar-refractivity contribution in [3.05, 3.63) is 0 Å². The lowest BCUT2D eigenvalue weighted by Crippen LogP contribution is -2.38. The first-order chi connectivity index (χ1) is 9.65. The molecule has 2 fully saturated rings. The van der Waals surface area contributed by atoms with E-state index in [1.807, 2.05) is 4.90 Å². The van der Waals surface area contributed by atoms with Gasteiger partial charge in [0.1, 0.15) is 0 Å². The number of piperidine rings is 1. The Balaban J connectivity index is 1.62. The molecule has 2 aliphatic heterocycles. The number of nitrogens with one attached hydrogen (secondary N) is 1. The summed E-state index contributed by atoms with van der Waals surface area (Å²) in [5.41, 5.74) is 0. The van der Waals surface area contributed by atoms with Gasteiger partial charge in [-0.25, -0.2) is 0 Å². The quantitative estimate of drug-likeness (QED) is 0.774. The van der Waals surface area contributed by atoms with Crippen molar-refractivity contribution in [3.8, 4) is 0 Å². The number of likely N-dealkylation sites (tertiary alicyclic amines) is 1. The third-order valence-corrected chi connectivity index (χ3v) is 4.66. The number of nitrogens with zero attached hydrogens (tertiary/aromatic N) is 1. The maximum absolute atomic E-state index is 12.1. The first-order valence-corrected chi connectivity index (χ1v) is 7.85. The van der Waals surface area contributed by atoms with E-state index in [1.165, 1.54) is 6.42 Å². The summed E-state index contributed by atoms with van der Waals surface area (Å²) in [5, 5.41) is 12.0. The van der Waals surface area contributed by atoms with Gasteiger partial charge in [-0.05, 0) is 57.0 Å². The minimum atomic E-state index is -0.714. The van der Waals surface area contributed by atoms with Gasteiger partial charge in [-0.2, -0.15) is 0 Å². The molecule has 0 aromatic heterocycles. The van der Waals surface area contributed by atoms with Crippen molar-refractivity contribution >= 4 is 11.9 Å². The predicted molar refractivity (Wildman–Crippen MR) is 76.4 cm³/mol. The first-order valence-electron chi connectivity index (χ1n) is 7.85. The molecule has 0 bridgehead atoms. The van der Waals surface area contributed by atoms with Crippen LogP contribution in [0.15, 0.2) is 0 Å². The van der Waals surface area contributed by atoms with Crippen molar-refractivity contribution in [3.63, 3.8) is 0 Å². The van der Waals surface area contributed by atoms with Crippen LogP contribution in [0.25, 0.3) is 0 Å². The summed E-state index contributed by atoms with van der Waals surface area (Å²) < 4.78 is 0. The number of carboxylic acid groups (broad SMARTS) is 1. The van der Waals surface area contributed by atoms with Crippen molar-refractivity contribution in [2.45, 2.75) is 44.9 Å². The monoisotopic (exact) mass is 282 g/mol. The van der Waals surface area contributed by atoms with Crippen molar-refractivity contribution < 1.29 is 14.7 Å². The summed E-state index contributed by atoms with van der Waals surface area (Å²) in [6.07, 6.45) is 5.81. The number of carboxylic acids is 1. The van der Waals surface area contributed by atoms with Crippen molar-refractivity contribution in [1.82, 2.24) is 10.2 Å². The van der Waals surface area contributed by atoms with Crippen molar-refractivity contribution in [2.24, 2.45) is 11.8 Å². The van der Waals surface area contributed by atoms with E-state index in [1.54, 1.807) is 0 Å². The SMILES string of the molecule is O=C(O)CCC1CCN(C(=O)CCC2CCNC2)CC1. The van der Waals surface area contributed by atoms with Crippen LogP contribution in [0.4, 0.5) is 0 Å². The third-order valence-electron chi connectivity index (χ3n) is 4.66. The van der Waals surface area contributed by atoms with Crippen LogP contribution in [0.1, 0.15) is 44.9 Å². The first kappa shape index (κ1) is 15.3. The van der Waals surface area contributed by atoms with E-state index >= 15 is 0 Å². The van der Waals surface area contributed by atoms with E-state index in [2.05, 4.69) is 5.32 Å². The Labute approximate surface area is 120 Å². The molecular weight excluding hydrogens is 256 g/mol. The molecule has 1 atom stereocenters. The summed E-state index contributed by atoms with van der Waals surface area (Å²) in [6, 6.07) is 0. The molecule has 114 valence electrons. The standard InChI is InChI=1S/C15H26N2O3/c18-14(3-1-13-5-8-16-11-13)17-9-6-12(7-10-17)2-4-15(19)20/h12-13,16H,1-11H2,(H,19,20). The predicted octanol–water partition coefficient (Wildman–Crippen LogP) is 1.48. The van der Waals surface area contributed by atoms with Gasteiger partial charge in [-0.15, -0.1) is 0 Å². The zero-order chi connectivity index (χ0) is 14.4. The molecule has 0 radical (unpaired) electrons. The average Bonchev–Trinajstić information content (AvgIpc) is 2.96. The molecule has 0 spiro atoms. The van der Waals surface area contributed by atoms with Gasteiger partial charge >= 0.3 is 5.97 Å². The molecule has 5 nitrogen and oxygen atoms in total. The van der Waals surface area contributed by atoms with Gasteiger partial charge < -0.3 is 15.3 Å². The van der Waals surface area contributed by atoms with Gasteiger partial charge in [0, 0.05) is 25.9 Å². The van der Waals surface area contributed by atoms with Gasteiger partial charge in [-0.1, -0.05) is 0 Å². The largest absolute Gasteiger partial charge is 0.481 e. The Morgan fingerprint density at radius 1 is 1.05 bits per heavy atom. The van der Waals surface area contributed by atoms with Crippen LogP contribution in [-0.2, 0) is 9.59 Å². The zero-order valence-electron chi connectivity index (χ0n) is 12.1. The number of amides is 1. The van der Waals surface area contributed by atoms with E-state index in [-0.39, 0.29) is 12.3 Å². The smallest absolute Gasteiger partial charge is 0.303 e. The lowest BCUT2D eigenvalue weighted by molar-refractivity contribution is -0.138. The van der Waals surface area contributed by atoms with E-state index < -0.39 is 5.97 Å². The fourth-order valence-corrected chi connectivity index (χ4v) is 3.25. The Hall–Kier alpha value is -1.10. The summed E-state index contributed by atoms with van der Waals surface area (Å²) in [5.74, 6) is 0.725. The second-order valence-corrected chi connectivity index (χ2v) is 6.15. The van der Waals surface area contributed by atoms with Crippen molar-refractivity contribution in [1.29, 1.82) is 0 Å². The summed E-state index contributed by atoms with van der Waals surface area (Å²) >= 11 is 0. The second kappa shape index (κ2) is 7.62. The minimum Gasteiger partial charge on any atom is -0.481 e. The van der Waals surface area contributed by atoms with Gasteiger partial charge in [0.15, 0.2) is 0 Å². The van der Waals surface area contributed by atoms with E-state index in [0.717, 1.165) is 51.9 Å². The van der Waals surface area contributed by atoms with E-state index in [0.29, 0.717) is 18.3 Å². The molecule has 5 heteroatoms. The highest BCUT2D eigenvalue weighted by molar-refractivity contribution is 5.76. The van der Waals surface area contributed by atoms with Gasteiger partial charge in [0.05, 0.1) is 0 Å². The van der Waals surface area contributed by atoms with Gasteiger partial charge in [0.2, 0.25) is 5.91 Å². The van der Waals surface area contributed by atoms with Crippen LogP contribution in [0, 0.1) is 11.8 Å². The topological polar surface area (TPSA) is 69.6 Å². The molecule has 0 aromatic carbocycles. The maximum Gasteiger partial charge on any atom is 0.303 e. The molecule has 1 amide bonds. The van der Waals surface area contributed by atoms with Crippen LogP contribution in [0.2, 0.25) is 0 Å². The van der Waals surface area contributed by atoms with E-state index in [9.17, 15) is 9.59 Å². The lowest BCUT2D eigenvalue weighted by Gasteiger charge is -2.32.